The smallest absolute Gasteiger partial charge is 0.313 e. The van der Waals surface area contributed by atoms with Crippen molar-refractivity contribution in [2.24, 2.45) is 17.3 Å². The van der Waals surface area contributed by atoms with Crippen LogP contribution in [-0.4, -0.2) is 94.8 Å². The van der Waals surface area contributed by atoms with E-state index in [1.807, 2.05) is 74.5 Å². The van der Waals surface area contributed by atoms with Gasteiger partial charge in [-0.05, 0) is 56.1 Å². The molecule has 11 nitrogen and oxygen atoms in total. The van der Waals surface area contributed by atoms with Gasteiger partial charge in [-0.25, -0.2) is 0 Å². The van der Waals surface area contributed by atoms with Crippen LogP contribution in [0.15, 0.2) is 86.0 Å². The summed E-state index contributed by atoms with van der Waals surface area (Å²) in [5.74, 6) is -3.78. The molecule has 0 aromatic heterocycles. The third-order valence-electron chi connectivity index (χ3n) is 11.2. The van der Waals surface area contributed by atoms with Crippen molar-refractivity contribution in [3.05, 3.63) is 97.1 Å². The van der Waals surface area contributed by atoms with E-state index in [1.54, 1.807) is 17.1 Å². The van der Waals surface area contributed by atoms with Gasteiger partial charge in [0.2, 0.25) is 17.7 Å². The standard InChI is InChI=1S/C44H59N3O8/c1-9-11-22-34(49)45-31(27-53-8)37(30-20-16-13-17-21-30)54-41(52)35-33-23-24-44(55-33)36(35)39(50)47(32(26-48)29-18-14-12-15-19-29)38(44)40(51)46(25-10-2)43(6,7)28-42(3,4)5/h9-10,12-21,31-33,35-38,48H,1-2,11,22-28H2,3-8H3,(H,45,49)/t31-,32+,33+,35-,36-,37-,38+,44-/m0/s1. The Kier molecular flexibility index (Phi) is 13.1. The van der Waals surface area contributed by atoms with Crippen LogP contribution in [0, 0.1) is 17.3 Å². The van der Waals surface area contributed by atoms with E-state index in [2.05, 4.69) is 39.2 Å². The molecule has 3 heterocycles. The van der Waals surface area contributed by atoms with Gasteiger partial charge < -0.3 is 34.4 Å². The number of carbonyl (C=O) groups is 4. The van der Waals surface area contributed by atoms with Gasteiger partial charge in [0, 0.05) is 25.6 Å². The minimum atomic E-state index is -1.35. The second-order valence-corrected chi connectivity index (χ2v) is 16.9. The van der Waals surface area contributed by atoms with E-state index in [9.17, 15) is 14.7 Å². The lowest BCUT2D eigenvalue weighted by atomic mass is 9.70. The molecular weight excluding hydrogens is 698 g/mol. The molecule has 11 heteroatoms. The first-order valence-corrected chi connectivity index (χ1v) is 19.4. The predicted molar refractivity (Wildman–Crippen MR) is 209 cm³/mol. The van der Waals surface area contributed by atoms with E-state index in [4.69, 9.17) is 14.2 Å². The van der Waals surface area contributed by atoms with Crippen molar-refractivity contribution in [2.45, 2.75) is 108 Å². The van der Waals surface area contributed by atoms with Gasteiger partial charge in [0.05, 0.1) is 43.2 Å². The van der Waals surface area contributed by atoms with Crippen LogP contribution in [0.2, 0.25) is 0 Å². The average molecular weight is 758 g/mol. The number of likely N-dealkylation sites (tertiary alicyclic amines) is 1. The summed E-state index contributed by atoms with van der Waals surface area (Å²) >= 11 is 0. The van der Waals surface area contributed by atoms with Gasteiger partial charge in [0.15, 0.2) is 0 Å². The number of hydrogen-bond donors (Lipinski definition) is 2. The molecule has 8 atom stereocenters. The zero-order chi connectivity index (χ0) is 40.1. The summed E-state index contributed by atoms with van der Waals surface area (Å²) in [6, 6.07) is 15.5. The molecule has 2 N–H and O–H groups in total. The maximum Gasteiger partial charge on any atom is 0.313 e. The van der Waals surface area contributed by atoms with E-state index in [0.29, 0.717) is 36.8 Å². The van der Waals surface area contributed by atoms with Gasteiger partial charge >= 0.3 is 5.97 Å². The molecule has 2 aromatic carbocycles. The van der Waals surface area contributed by atoms with E-state index in [-0.39, 0.29) is 36.8 Å². The van der Waals surface area contributed by atoms with E-state index >= 15 is 9.59 Å². The number of nitrogens with one attached hydrogen (secondary N) is 1. The lowest BCUT2D eigenvalue weighted by molar-refractivity contribution is -0.164. The SMILES string of the molecule is C=CCCC(=O)N[C@@H](COC)[C@@H](OC(=O)[C@@H]1[C@H]2C(=O)N([C@H](CO)c3ccccc3)[C@H](C(=O)N(CC=C)C(C)(C)CC(C)(C)C)[C@]23CC[C@H]1O3)c1ccccc1. The Hall–Kier alpha value is -4.32. The summed E-state index contributed by atoms with van der Waals surface area (Å²) in [4.78, 5) is 61.4. The van der Waals surface area contributed by atoms with Crippen LogP contribution in [0.4, 0.5) is 0 Å². The first-order valence-electron chi connectivity index (χ1n) is 19.4. The van der Waals surface area contributed by atoms with Gasteiger partial charge in [-0.2, -0.15) is 0 Å². The fourth-order valence-corrected chi connectivity index (χ4v) is 9.43. The normalized spacial score (nSPS) is 24.8. The highest BCUT2D eigenvalue weighted by atomic mass is 16.6. The Morgan fingerprint density at radius 1 is 1.04 bits per heavy atom. The van der Waals surface area contributed by atoms with Gasteiger partial charge in [0.1, 0.15) is 17.7 Å². The highest BCUT2D eigenvalue weighted by Gasteiger charge is 2.76. The molecule has 1 spiro atoms. The lowest BCUT2D eigenvalue weighted by Crippen LogP contribution is -2.61. The average Bonchev–Trinajstić information content (AvgIpc) is 3.79. The first-order chi connectivity index (χ1) is 26.1. The zero-order valence-corrected chi connectivity index (χ0v) is 33.2. The third-order valence-corrected chi connectivity index (χ3v) is 11.2. The molecule has 298 valence electrons. The molecule has 5 rings (SSSR count). The molecule has 0 radical (unpaired) electrons. The van der Waals surface area contributed by atoms with Crippen molar-refractivity contribution in [1.29, 1.82) is 0 Å². The van der Waals surface area contributed by atoms with Crippen LogP contribution >= 0.6 is 0 Å². The summed E-state index contributed by atoms with van der Waals surface area (Å²) < 4.78 is 18.7. The topological polar surface area (TPSA) is 135 Å². The summed E-state index contributed by atoms with van der Waals surface area (Å²) in [7, 11) is 1.51. The second-order valence-electron chi connectivity index (χ2n) is 16.9. The number of amides is 3. The Balaban J connectivity index is 1.58. The summed E-state index contributed by atoms with van der Waals surface area (Å²) in [5.41, 5.74) is -0.846. The first kappa shape index (κ1) is 41.8. The van der Waals surface area contributed by atoms with Crippen molar-refractivity contribution in [2.75, 3.05) is 26.9 Å². The number of aliphatic hydroxyl groups excluding tert-OH is 1. The minimum absolute atomic E-state index is 0.0483. The number of allylic oxidation sites excluding steroid dienone is 1. The third kappa shape index (κ3) is 8.59. The molecule has 3 fully saturated rings. The van der Waals surface area contributed by atoms with Crippen LogP contribution in [0.1, 0.15) is 90.0 Å². The van der Waals surface area contributed by atoms with E-state index in [1.165, 1.54) is 12.0 Å². The molecule has 2 aromatic rings. The van der Waals surface area contributed by atoms with Crippen LogP contribution in [0.5, 0.6) is 0 Å². The van der Waals surface area contributed by atoms with Gasteiger partial charge in [-0.1, -0.05) is 93.6 Å². The Labute approximate surface area is 326 Å². The maximum atomic E-state index is 15.3. The largest absolute Gasteiger partial charge is 0.455 e. The van der Waals surface area contributed by atoms with Crippen LogP contribution in [-0.2, 0) is 33.4 Å². The monoisotopic (exact) mass is 757 g/mol. The molecule has 3 aliphatic rings. The second kappa shape index (κ2) is 17.2. The number of nitrogens with zero attached hydrogens (tertiary/aromatic N) is 2. The fourth-order valence-electron chi connectivity index (χ4n) is 9.43. The lowest BCUT2D eigenvalue weighted by Gasteiger charge is -2.46. The number of rotatable bonds is 18. The predicted octanol–water partition coefficient (Wildman–Crippen LogP) is 5.71. The Morgan fingerprint density at radius 3 is 2.24 bits per heavy atom. The van der Waals surface area contributed by atoms with E-state index in [0.717, 1.165) is 0 Å². The molecule has 3 saturated heterocycles. The highest BCUT2D eigenvalue weighted by molar-refractivity contribution is 5.98. The van der Waals surface area contributed by atoms with E-state index < -0.39 is 71.8 Å². The van der Waals surface area contributed by atoms with Crippen molar-refractivity contribution >= 4 is 23.7 Å². The molecule has 3 aliphatic heterocycles. The number of aliphatic hydroxyl groups is 1. The van der Waals surface area contributed by atoms with Gasteiger partial charge in [0.25, 0.3) is 0 Å². The van der Waals surface area contributed by atoms with Crippen LogP contribution < -0.4 is 5.32 Å². The Morgan fingerprint density at radius 2 is 1.67 bits per heavy atom. The molecule has 0 unspecified atom stereocenters. The number of hydrogen-bond acceptors (Lipinski definition) is 8. The molecule has 2 bridgehead atoms. The number of carbonyl (C=O) groups excluding carboxylic acids is 4. The quantitative estimate of drug-likeness (QED) is 0.146. The van der Waals surface area contributed by atoms with Crippen molar-refractivity contribution in [3.8, 4) is 0 Å². The number of esters is 1. The summed E-state index contributed by atoms with van der Waals surface area (Å²) in [6.07, 6.45) is 3.83. The van der Waals surface area contributed by atoms with Crippen molar-refractivity contribution in [1.82, 2.24) is 15.1 Å². The van der Waals surface area contributed by atoms with Gasteiger partial charge in [-0.15, -0.1) is 13.2 Å². The summed E-state index contributed by atoms with van der Waals surface area (Å²) in [6.45, 7) is 17.9. The zero-order valence-electron chi connectivity index (χ0n) is 33.2. The number of fused-ring (bicyclic) bond motifs is 1. The molecule has 3 amide bonds. The van der Waals surface area contributed by atoms with Crippen molar-refractivity contribution < 1.29 is 38.5 Å². The van der Waals surface area contributed by atoms with Crippen LogP contribution in [0.3, 0.4) is 0 Å². The highest BCUT2D eigenvalue weighted by Crippen LogP contribution is 2.60. The molecule has 0 saturated carbocycles. The number of ether oxygens (including phenoxy) is 3. The fraction of sp³-hybridized carbons (Fsp3) is 0.545. The maximum absolute atomic E-state index is 15.3. The molecular formula is C44H59N3O8. The number of methoxy groups -OCH3 is 1. The number of benzene rings is 2. The van der Waals surface area contributed by atoms with Crippen LogP contribution in [0.25, 0.3) is 0 Å². The molecule has 0 aliphatic carbocycles. The Bertz CT molecular complexity index is 1690. The van der Waals surface area contributed by atoms with Gasteiger partial charge in [-0.3, -0.25) is 19.2 Å². The molecule has 55 heavy (non-hydrogen) atoms. The van der Waals surface area contributed by atoms with Crippen molar-refractivity contribution in [3.63, 3.8) is 0 Å². The minimum Gasteiger partial charge on any atom is -0.455 e. The summed E-state index contributed by atoms with van der Waals surface area (Å²) in [5, 5.41) is 14.0.